The Hall–Kier alpha value is -0.910. The van der Waals surface area contributed by atoms with Gasteiger partial charge in [-0.2, -0.15) is 0 Å². The van der Waals surface area contributed by atoms with Crippen LogP contribution < -0.4 is 11.1 Å². The average molecular weight is 276 g/mol. The molecule has 0 aliphatic carbocycles. The fourth-order valence-corrected chi connectivity index (χ4v) is 2.25. The van der Waals surface area contributed by atoms with Crippen LogP contribution in [-0.4, -0.2) is 16.8 Å². The van der Waals surface area contributed by atoms with Gasteiger partial charge < -0.3 is 11.1 Å². The topological polar surface area (TPSA) is 67.5 Å². The van der Waals surface area contributed by atoms with E-state index in [1.54, 1.807) is 6.07 Å². The van der Waals surface area contributed by atoms with Crippen molar-refractivity contribution in [2.24, 2.45) is 4.99 Å². The highest BCUT2D eigenvalue weighted by Gasteiger charge is 2.17. The number of carbonyl (C=O) groups excluding carboxylic acids is 1. The van der Waals surface area contributed by atoms with Crippen LogP contribution >= 0.6 is 35.0 Å². The first kappa shape index (κ1) is 11.6. The van der Waals surface area contributed by atoms with Gasteiger partial charge in [0.15, 0.2) is 5.17 Å². The number of aliphatic imine (C=N–C) groups is 1. The SMILES string of the molecule is Nc1cc(N=C2NC(=O)CS2)c(Cl)cc1Cl. The van der Waals surface area contributed by atoms with Gasteiger partial charge in [0, 0.05) is 0 Å². The summed E-state index contributed by atoms with van der Waals surface area (Å²) in [6.45, 7) is 0. The zero-order valence-electron chi connectivity index (χ0n) is 7.96. The Morgan fingerprint density at radius 3 is 2.75 bits per heavy atom. The van der Waals surface area contributed by atoms with Crippen LogP contribution in [0.3, 0.4) is 0 Å². The second-order valence-corrected chi connectivity index (χ2v) is 4.86. The lowest BCUT2D eigenvalue weighted by molar-refractivity contribution is -0.116. The van der Waals surface area contributed by atoms with Crippen molar-refractivity contribution < 1.29 is 4.79 Å². The number of nitrogen functional groups attached to an aromatic ring is 1. The Morgan fingerprint density at radius 1 is 1.38 bits per heavy atom. The van der Waals surface area contributed by atoms with E-state index in [0.717, 1.165) is 0 Å². The smallest absolute Gasteiger partial charge is 0.236 e. The fraction of sp³-hybridized carbons (Fsp3) is 0.111. The van der Waals surface area contributed by atoms with Crippen molar-refractivity contribution >= 4 is 57.4 Å². The molecule has 1 aliphatic rings. The highest BCUT2D eigenvalue weighted by Crippen LogP contribution is 2.33. The van der Waals surface area contributed by atoms with E-state index < -0.39 is 0 Å². The summed E-state index contributed by atoms with van der Waals surface area (Å²) in [5, 5.41) is 3.91. The molecule has 16 heavy (non-hydrogen) atoms. The highest BCUT2D eigenvalue weighted by atomic mass is 35.5. The van der Waals surface area contributed by atoms with Gasteiger partial charge in [-0.1, -0.05) is 35.0 Å². The Morgan fingerprint density at radius 2 is 2.12 bits per heavy atom. The second-order valence-electron chi connectivity index (χ2n) is 3.08. The number of nitrogens with one attached hydrogen (secondary N) is 1. The number of carbonyl (C=O) groups is 1. The van der Waals surface area contributed by atoms with Crippen LogP contribution in [0.15, 0.2) is 17.1 Å². The molecule has 1 heterocycles. The molecule has 84 valence electrons. The molecule has 1 fully saturated rings. The molecule has 4 nitrogen and oxygen atoms in total. The lowest BCUT2D eigenvalue weighted by atomic mass is 10.3. The van der Waals surface area contributed by atoms with Gasteiger partial charge >= 0.3 is 0 Å². The van der Waals surface area contributed by atoms with Crippen LogP contribution in [0.4, 0.5) is 11.4 Å². The maximum Gasteiger partial charge on any atom is 0.236 e. The number of nitrogens with two attached hydrogens (primary N) is 1. The van der Waals surface area contributed by atoms with Gasteiger partial charge in [0.05, 0.1) is 27.2 Å². The van der Waals surface area contributed by atoms with Crippen LogP contribution in [0.2, 0.25) is 10.0 Å². The summed E-state index contributed by atoms with van der Waals surface area (Å²) in [7, 11) is 0. The Kier molecular flexibility index (Phi) is 3.28. The molecule has 1 aromatic carbocycles. The molecular formula is C9H7Cl2N3OS. The van der Waals surface area contributed by atoms with Crippen molar-refractivity contribution in [3.05, 3.63) is 22.2 Å². The Labute approximate surface area is 106 Å². The third kappa shape index (κ3) is 2.42. The molecule has 0 saturated carbocycles. The van der Waals surface area contributed by atoms with E-state index in [2.05, 4.69) is 10.3 Å². The predicted octanol–water partition coefficient (Wildman–Crippen LogP) is 2.43. The maximum absolute atomic E-state index is 11.0. The number of nitrogens with zero attached hydrogens (tertiary/aromatic N) is 1. The minimum Gasteiger partial charge on any atom is -0.397 e. The minimum absolute atomic E-state index is 0.0678. The molecule has 0 aromatic heterocycles. The summed E-state index contributed by atoms with van der Waals surface area (Å²) >= 11 is 13.1. The standard InChI is InChI=1S/C9H7Cl2N3OS/c10-4-1-5(11)7(2-6(4)12)13-9-14-8(15)3-16-9/h1-2H,3,12H2,(H,13,14,15). The lowest BCUT2D eigenvalue weighted by Gasteiger charge is -2.03. The number of halogens is 2. The van der Waals surface area contributed by atoms with Crippen molar-refractivity contribution in [1.29, 1.82) is 0 Å². The van der Waals surface area contributed by atoms with E-state index in [1.165, 1.54) is 17.8 Å². The van der Waals surface area contributed by atoms with Crippen molar-refractivity contribution in [2.75, 3.05) is 11.5 Å². The zero-order chi connectivity index (χ0) is 11.7. The predicted molar refractivity (Wildman–Crippen MR) is 68.6 cm³/mol. The molecule has 1 amide bonds. The summed E-state index contributed by atoms with van der Waals surface area (Å²) in [5.41, 5.74) is 6.53. The molecular weight excluding hydrogens is 269 g/mol. The molecule has 0 bridgehead atoms. The van der Waals surface area contributed by atoms with E-state index in [4.69, 9.17) is 28.9 Å². The van der Waals surface area contributed by atoms with E-state index in [9.17, 15) is 4.79 Å². The van der Waals surface area contributed by atoms with Gasteiger partial charge in [0.2, 0.25) is 5.91 Å². The van der Waals surface area contributed by atoms with Crippen molar-refractivity contribution in [3.63, 3.8) is 0 Å². The Bertz CT molecular complexity index is 490. The van der Waals surface area contributed by atoms with Crippen LogP contribution in [0.1, 0.15) is 0 Å². The number of rotatable bonds is 1. The molecule has 0 unspecified atom stereocenters. The van der Waals surface area contributed by atoms with E-state index >= 15 is 0 Å². The normalized spacial score (nSPS) is 17.9. The number of benzene rings is 1. The number of thioether (sulfide) groups is 1. The summed E-state index contributed by atoms with van der Waals surface area (Å²) in [4.78, 5) is 15.1. The number of amides is 1. The molecule has 1 aliphatic heterocycles. The third-order valence-corrected chi connectivity index (χ3v) is 3.38. The molecule has 2 rings (SSSR count). The fourth-order valence-electron chi connectivity index (χ4n) is 1.13. The first-order chi connectivity index (χ1) is 7.56. The molecule has 1 aromatic rings. The second kappa shape index (κ2) is 4.53. The summed E-state index contributed by atoms with van der Waals surface area (Å²) in [6.07, 6.45) is 0. The van der Waals surface area contributed by atoms with Crippen LogP contribution in [0.5, 0.6) is 0 Å². The number of anilines is 1. The molecule has 3 N–H and O–H groups in total. The van der Waals surface area contributed by atoms with E-state index in [1.807, 2.05) is 0 Å². The average Bonchev–Trinajstić information content (AvgIpc) is 2.60. The van der Waals surface area contributed by atoms with Gasteiger partial charge in [-0.05, 0) is 12.1 Å². The van der Waals surface area contributed by atoms with Gasteiger partial charge in [0.1, 0.15) is 0 Å². The quantitative estimate of drug-likeness (QED) is 0.774. The molecule has 1 saturated heterocycles. The zero-order valence-corrected chi connectivity index (χ0v) is 10.3. The first-order valence-electron chi connectivity index (χ1n) is 4.32. The lowest BCUT2D eigenvalue weighted by Crippen LogP contribution is -2.19. The van der Waals surface area contributed by atoms with Crippen LogP contribution in [0.25, 0.3) is 0 Å². The number of hydrogen-bond donors (Lipinski definition) is 2. The molecule has 0 atom stereocenters. The molecule has 7 heteroatoms. The van der Waals surface area contributed by atoms with Crippen LogP contribution in [-0.2, 0) is 4.79 Å². The molecule has 0 radical (unpaired) electrons. The van der Waals surface area contributed by atoms with Gasteiger partial charge in [-0.3, -0.25) is 4.79 Å². The van der Waals surface area contributed by atoms with Gasteiger partial charge in [-0.25, -0.2) is 4.99 Å². The maximum atomic E-state index is 11.0. The monoisotopic (exact) mass is 275 g/mol. The number of hydrogen-bond acceptors (Lipinski definition) is 4. The van der Waals surface area contributed by atoms with E-state index in [-0.39, 0.29) is 5.91 Å². The van der Waals surface area contributed by atoms with Crippen molar-refractivity contribution in [1.82, 2.24) is 5.32 Å². The highest BCUT2D eigenvalue weighted by molar-refractivity contribution is 8.15. The van der Waals surface area contributed by atoms with Gasteiger partial charge in [0.25, 0.3) is 0 Å². The van der Waals surface area contributed by atoms with Crippen molar-refractivity contribution in [3.8, 4) is 0 Å². The summed E-state index contributed by atoms with van der Waals surface area (Å²) in [5.74, 6) is 0.307. The first-order valence-corrected chi connectivity index (χ1v) is 6.06. The third-order valence-electron chi connectivity index (χ3n) is 1.87. The van der Waals surface area contributed by atoms with Crippen molar-refractivity contribution in [2.45, 2.75) is 0 Å². The summed E-state index contributed by atoms with van der Waals surface area (Å²) < 4.78 is 0. The largest absolute Gasteiger partial charge is 0.397 e. The molecule has 0 spiro atoms. The number of amidine groups is 1. The summed E-state index contributed by atoms with van der Waals surface area (Å²) in [6, 6.07) is 3.10. The Balaban J connectivity index is 2.34. The van der Waals surface area contributed by atoms with Gasteiger partial charge in [-0.15, -0.1) is 0 Å². The van der Waals surface area contributed by atoms with Crippen LogP contribution in [0, 0.1) is 0 Å². The minimum atomic E-state index is -0.0678. The van der Waals surface area contributed by atoms with E-state index in [0.29, 0.717) is 32.3 Å².